The summed E-state index contributed by atoms with van der Waals surface area (Å²) in [5, 5.41) is 4.40. The number of epoxide rings is 4. The van der Waals surface area contributed by atoms with Crippen LogP contribution in [0.1, 0.15) is 11.1 Å². The van der Waals surface area contributed by atoms with Crippen LogP contribution in [0.2, 0.25) is 0 Å². The van der Waals surface area contributed by atoms with Gasteiger partial charge in [-0.05, 0) is 57.9 Å². The lowest BCUT2D eigenvalue weighted by atomic mass is 9.93. The van der Waals surface area contributed by atoms with Crippen LogP contribution < -0.4 is 18.9 Å². The Labute approximate surface area is 237 Å². The molecule has 4 unspecified atom stereocenters. The van der Waals surface area contributed by atoms with Gasteiger partial charge >= 0.3 is 0 Å². The molecule has 4 saturated heterocycles. The zero-order valence-corrected chi connectivity index (χ0v) is 22.7. The smallest absolute Gasteiger partial charge is 0.123 e. The number of hydrogen-bond acceptors (Lipinski definition) is 8. The van der Waals surface area contributed by atoms with Gasteiger partial charge in [-0.25, -0.2) is 0 Å². The van der Waals surface area contributed by atoms with Crippen LogP contribution in [0.5, 0.6) is 23.0 Å². The Kier molecular flexibility index (Phi) is 6.56. The molecular weight excluding hydrogens is 524 g/mol. The van der Waals surface area contributed by atoms with E-state index in [1.807, 2.05) is 12.1 Å². The zero-order valence-electron chi connectivity index (χ0n) is 22.7. The van der Waals surface area contributed by atoms with E-state index in [1.165, 1.54) is 0 Å². The summed E-state index contributed by atoms with van der Waals surface area (Å²) in [6, 6.07) is 20.8. The molecule has 4 aliphatic rings. The quantitative estimate of drug-likeness (QED) is 0.207. The maximum atomic E-state index is 6.36. The van der Waals surface area contributed by atoms with Gasteiger partial charge in [-0.3, -0.25) is 0 Å². The molecule has 8 rings (SSSR count). The third-order valence-electron chi connectivity index (χ3n) is 7.81. The van der Waals surface area contributed by atoms with Crippen LogP contribution in [-0.4, -0.2) is 77.3 Å². The number of ether oxygens (including phenoxy) is 8. The van der Waals surface area contributed by atoms with E-state index in [0.717, 1.165) is 82.1 Å². The minimum Gasteiger partial charge on any atom is -0.491 e. The molecule has 0 bridgehead atoms. The van der Waals surface area contributed by atoms with Crippen molar-refractivity contribution in [2.45, 2.75) is 30.8 Å². The van der Waals surface area contributed by atoms with E-state index in [4.69, 9.17) is 37.9 Å². The Morgan fingerprint density at radius 2 is 0.854 bits per heavy atom. The van der Waals surface area contributed by atoms with Crippen LogP contribution in [0.25, 0.3) is 21.5 Å². The van der Waals surface area contributed by atoms with Crippen molar-refractivity contribution in [2.75, 3.05) is 52.9 Å². The first-order chi connectivity index (χ1) is 20.2. The summed E-state index contributed by atoms with van der Waals surface area (Å²) in [7, 11) is 0. The lowest BCUT2D eigenvalue weighted by molar-refractivity contribution is 0.259. The second kappa shape index (κ2) is 10.7. The Balaban J connectivity index is 1.21. The molecule has 4 atom stereocenters. The minimum atomic E-state index is 0.150. The number of rotatable bonds is 14. The molecule has 212 valence electrons. The van der Waals surface area contributed by atoms with Crippen molar-refractivity contribution in [1.29, 1.82) is 0 Å². The second-order valence-corrected chi connectivity index (χ2v) is 11.1. The van der Waals surface area contributed by atoms with Gasteiger partial charge in [0.15, 0.2) is 0 Å². The SMILES string of the molecule is c1cc2ccc(OCC3CO3)c(Cc3c(OCC4CO4)ccc4ccc(OCC5CO5)cc34)c2cc1OCC1CO1. The van der Waals surface area contributed by atoms with Crippen molar-refractivity contribution in [1.82, 2.24) is 0 Å². The predicted octanol–water partition coefficient (Wildman–Crippen LogP) is 4.69. The Bertz CT molecular complexity index is 1440. The highest BCUT2D eigenvalue weighted by Gasteiger charge is 2.27. The first-order valence-electron chi connectivity index (χ1n) is 14.3. The lowest BCUT2D eigenvalue weighted by Gasteiger charge is -2.19. The normalized spacial score (nSPS) is 23.8. The van der Waals surface area contributed by atoms with E-state index < -0.39 is 0 Å². The topological polar surface area (TPSA) is 87.0 Å². The monoisotopic (exact) mass is 556 g/mol. The summed E-state index contributed by atoms with van der Waals surface area (Å²) in [5.74, 6) is 3.30. The average molecular weight is 557 g/mol. The zero-order chi connectivity index (χ0) is 27.2. The molecule has 0 N–H and O–H groups in total. The summed E-state index contributed by atoms with van der Waals surface area (Å²) >= 11 is 0. The molecule has 8 heteroatoms. The largest absolute Gasteiger partial charge is 0.491 e. The van der Waals surface area contributed by atoms with Crippen molar-refractivity contribution in [3.63, 3.8) is 0 Å². The van der Waals surface area contributed by atoms with Gasteiger partial charge in [-0.1, -0.05) is 24.3 Å². The van der Waals surface area contributed by atoms with Crippen molar-refractivity contribution >= 4 is 21.5 Å². The van der Waals surface area contributed by atoms with Crippen LogP contribution in [0, 0.1) is 0 Å². The van der Waals surface area contributed by atoms with Crippen molar-refractivity contribution in [3.05, 3.63) is 71.8 Å². The summed E-state index contributed by atoms with van der Waals surface area (Å²) in [5.41, 5.74) is 2.16. The minimum absolute atomic E-state index is 0.150. The number of hydrogen-bond donors (Lipinski definition) is 0. The lowest BCUT2D eigenvalue weighted by Crippen LogP contribution is -2.09. The molecule has 0 aromatic heterocycles. The molecule has 0 amide bonds. The van der Waals surface area contributed by atoms with Crippen LogP contribution in [0.3, 0.4) is 0 Å². The summed E-state index contributed by atoms with van der Waals surface area (Å²) in [4.78, 5) is 0. The Hall–Kier alpha value is -3.56. The van der Waals surface area contributed by atoms with E-state index in [2.05, 4.69) is 48.5 Å². The third-order valence-corrected chi connectivity index (χ3v) is 7.81. The number of benzene rings is 4. The Morgan fingerprint density at radius 1 is 0.488 bits per heavy atom. The molecule has 0 spiro atoms. The average Bonchev–Trinajstić information content (AvgIpc) is 3.83. The Morgan fingerprint density at radius 3 is 1.24 bits per heavy atom. The van der Waals surface area contributed by atoms with Crippen LogP contribution in [0.15, 0.2) is 60.7 Å². The fourth-order valence-electron chi connectivity index (χ4n) is 5.07. The van der Waals surface area contributed by atoms with Gasteiger partial charge in [-0.2, -0.15) is 0 Å². The highest BCUT2D eigenvalue weighted by Crippen LogP contribution is 2.39. The molecule has 8 nitrogen and oxygen atoms in total. The summed E-state index contributed by atoms with van der Waals surface area (Å²) in [6.07, 6.45) is 1.27. The molecule has 0 radical (unpaired) electrons. The van der Waals surface area contributed by atoms with Crippen molar-refractivity contribution in [3.8, 4) is 23.0 Å². The van der Waals surface area contributed by atoms with Crippen LogP contribution in [-0.2, 0) is 25.4 Å². The molecule has 4 aromatic carbocycles. The fraction of sp³-hybridized carbons (Fsp3) is 0.394. The van der Waals surface area contributed by atoms with E-state index in [9.17, 15) is 0 Å². The van der Waals surface area contributed by atoms with E-state index in [1.54, 1.807) is 0 Å². The fourth-order valence-corrected chi connectivity index (χ4v) is 5.07. The molecule has 4 aromatic rings. The third kappa shape index (κ3) is 6.06. The molecule has 4 aliphatic heterocycles. The van der Waals surface area contributed by atoms with E-state index in [-0.39, 0.29) is 24.4 Å². The van der Waals surface area contributed by atoms with Crippen LogP contribution in [0.4, 0.5) is 0 Å². The number of fused-ring (bicyclic) bond motifs is 2. The predicted molar refractivity (Wildman–Crippen MR) is 152 cm³/mol. The first kappa shape index (κ1) is 25.2. The van der Waals surface area contributed by atoms with Gasteiger partial charge in [0.25, 0.3) is 0 Å². The molecule has 4 fully saturated rings. The molecule has 4 heterocycles. The van der Waals surface area contributed by atoms with Crippen molar-refractivity contribution < 1.29 is 37.9 Å². The van der Waals surface area contributed by atoms with Gasteiger partial charge < -0.3 is 37.9 Å². The second-order valence-electron chi connectivity index (χ2n) is 11.1. The maximum Gasteiger partial charge on any atom is 0.123 e. The molecule has 0 saturated carbocycles. The highest BCUT2D eigenvalue weighted by atomic mass is 16.6. The van der Waals surface area contributed by atoms with E-state index in [0.29, 0.717) is 32.8 Å². The van der Waals surface area contributed by atoms with Gasteiger partial charge in [0.1, 0.15) is 73.8 Å². The van der Waals surface area contributed by atoms with E-state index >= 15 is 0 Å². The molecular formula is C33H32O8. The molecule has 41 heavy (non-hydrogen) atoms. The maximum absolute atomic E-state index is 6.36. The first-order valence-corrected chi connectivity index (χ1v) is 14.3. The molecule has 0 aliphatic carbocycles. The van der Waals surface area contributed by atoms with Gasteiger partial charge in [0.05, 0.1) is 26.4 Å². The standard InChI is InChI=1S/C33H32O8/c1-5-22(34-12-24-14-36-24)9-28-20(1)3-7-32(40-18-26-16-38-26)30(28)11-31-29-10-23(35-13-25-15-37-25)6-2-21(29)4-8-33(31)41-19-27-17-39-27/h1-10,24-27H,11-19H2. The van der Waals surface area contributed by atoms with Gasteiger partial charge in [0, 0.05) is 17.5 Å². The van der Waals surface area contributed by atoms with Gasteiger partial charge in [-0.15, -0.1) is 0 Å². The summed E-state index contributed by atoms with van der Waals surface area (Å²) < 4.78 is 46.4. The van der Waals surface area contributed by atoms with Crippen molar-refractivity contribution in [2.24, 2.45) is 0 Å². The summed E-state index contributed by atoms with van der Waals surface area (Å²) in [6.45, 7) is 5.14. The van der Waals surface area contributed by atoms with Gasteiger partial charge in [0.2, 0.25) is 0 Å². The van der Waals surface area contributed by atoms with Crippen LogP contribution >= 0.6 is 0 Å². The highest BCUT2D eigenvalue weighted by molar-refractivity contribution is 5.93.